The summed E-state index contributed by atoms with van der Waals surface area (Å²) in [7, 11) is 0. The number of carbonyl (C=O) groups excluding carboxylic acids is 1. The van der Waals surface area contributed by atoms with Gasteiger partial charge in [0, 0.05) is 18.5 Å². The quantitative estimate of drug-likeness (QED) is 0.544. The Morgan fingerprint density at radius 2 is 2.10 bits per heavy atom. The molecule has 1 unspecified atom stereocenters. The van der Waals surface area contributed by atoms with Crippen molar-refractivity contribution in [1.29, 1.82) is 5.26 Å². The topological polar surface area (TPSA) is 131 Å². The van der Waals surface area contributed by atoms with Gasteiger partial charge in [0.2, 0.25) is 0 Å². The van der Waals surface area contributed by atoms with Crippen LogP contribution in [0.25, 0.3) is 16.6 Å². The number of nitrogens with zero attached hydrogens (tertiary/aromatic N) is 5. The summed E-state index contributed by atoms with van der Waals surface area (Å²) >= 11 is 0. The van der Waals surface area contributed by atoms with E-state index >= 15 is 0 Å². The van der Waals surface area contributed by atoms with Crippen LogP contribution < -0.4 is 5.73 Å². The lowest BCUT2D eigenvalue weighted by molar-refractivity contribution is 0.0787. The molecular weight excluding hydrogens is 380 g/mol. The fourth-order valence-corrected chi connectivity index (χ4v) is 4.07. The number of aromatic nitrogens is 4. The van der Waals surface area contributed by atoms with E-state index in [0.717, 1.165) is 12.0 Å². The monoisotopic (exact) mass is 396 g/mol. The number of aliphatic hydroxyl groups is 1. The number of carbonyl (C=O) groups is 1. The van der Waals surface area contributed by atoms with Gasteiger partial charge in [0.05, 0.1) is 22.3 Å². The molecule has 8 nitrogen and oxygen atoms in total. The van der Waals surface area contributed by atoms with Crippen molar-refractivity contribution in [3.8, 4) is 11.8 Å². The molecule has 0 saturated carbocycles. The SMILES string of the molecule is N#Cc1cc2c(cn1)c(C(N)=O)nn2-c1cccc(C2(O)CCc3cccnc32)c1. The van der Waals surface area contributed by atoms with Gasteiger partial charge in [-0.1, -0.05) is 18.2 Å². The first kappa shape index (κ1) is 18.0. The van der Waals surface area contributed by atoms with Crippen LogP contribution in [0.4, 0.5) is 0 Å². The molecule has 146 valence electrons. The Labute approximate surface area is 171 Å². The Kier molecular flexibility index (Phi) is 3.88. The summed E-state index contributed by atoms with van der Waals surface area (Å²) in [4.78, 5) is 20.3. The zero-order chi connectivity index (χ0) is 20.9. The van der Waals surface area contributed by atoms with Crippen molar-refractivity contribution in [2.24, 2.45) is 5.73 Å². The van der Waals surface area contributed by atoms with Gasteiger partial charge in [-0.3, -0.25) is 9.78 Å². The summed E-state index contributed by atoms with van der Waals surface area (Å²) < 4.78 is 1.54. The van der Waals surface area contributed by atoms with Gasteiger partial charge in [-0.05, 0) is 42.2 Å². The van der Waals surface area contributed by atoms with Crippen molar-refractivity contribution in [3.05, 3.63) is 83.1 Å². The lowest BCUT2D eigenvalue weighted by atomic mass is 9.91. The molecular formula is C22H16N6O2. The zero-order valence-electron chi connectivity index (χ0n) is 15.8. The van der Waals surface area contributed by atoms with Gasteiger partial charge in [0.1, 0.15) is 17.4 Å². The van der Waals surface area contributed by atoms with Gasteiger partial charge < -0.3 is 10.8 Å². The highest BCUT2D eigenvalue weighted by Crippen LogP contribution is 2.41. The number of hydrogen-bond acceptors (Lipinski definition) is 6. The summed E-state index contributed by atoms with van der Waals surface area (Å²) in [5.74, 6) is -0.686. The molecule has 3 N–H and O–H groups in total. The van der Waals surface area contributed by atoms with Crippen LogP contribution in [-0.4, -0.2) is 30.8 Å². The maximum atomic E-state index is 11.9. The van der Waals surface area contributed by atoms with E-state index in [-0.39, 0.29) is 11.4 Å². The third kappa shape index (κ3) is 2.57. The molecule has 30 heavy (non-hydrogen) atoms. The highest BCUT2D eigenvalue weighted by molar-refractivity contribution is 6.04. The average Bonchev–Trinajstić information content (AvgIpc) is 3.33. The van der Waals surface area contributed by atoms with E-state index in [2.05, 4.69) is 15.1 Å². The Balaban J connectivity index is 1.70. The second-order valence-corrected chi connectivity index (χ2v) is 7.24. The number of nitriles is 1. The second-order valence-electron chi connectivity index (χ2n) is 7.24. The van der Waals surface area contributed by atoms with Crippen molar-refractivity contribution >= 4 is 16.8 Å². The molecule has 1 aliphatic rings. The molecule has 1 amide bonds. The Bertz CT molecular complexity index is 1370. The Morgan fingerprint density at radius 1 is 1.23 bits per heavy atom. The van der Waals surface area contributed by atoms with Crippen molar-refractivity contribution < 1.29 is 9.90 Å². The number of nitrogens with two attached hydrogens (primary N) is 1. The number of fused-ring (bicyclic) bond motifs is 2. The maximum Gasteiger partial charge on any atom is 0.269 e. The molecule has 1 atom stereocenters. The Morgan fingerprint density at radius 3 is 2.90 bits per heavy atom. The molecule has 0 spiro atoms. The first-order valence-corrected chi connectivity index (χ1v) is 9.37. The molecule has 1 aromatic carbocycles. The first-order valence-electron chi connectivity index (χ1n) is 9.37. The fourth-order valence-electron chi connectivity index (χ4n) is 4.07. The number of rotatable bonds is 3. The predicted octanol–water partition coefficient (Wildman–Crippen LogP) is 1.97. The zero-order valence-corrected chi connectivity index (χ0v) is 15.8. The van der Waals surface area contributed by atoms with E-state index in [1.165, 1.54) is 6.20 Å². The summed E-state index contributed by atoms with van der Waals surface area (Å²) in [5.41, 5.74) is 8.06. The minimum absolute atomic E-state index is 0.0685. The third-order valence-electron chi connectivity index (χ3n) is 5.52. The van der Waals surface area contributed by atoms with E-state index in [0.29, 0.717) is 34.3 Å². The first-order chi connectivity index (χ1) is 14.5. The molecule has 3 aromatic heterocycles. The predicted molar refractivity (Wildman–Crippen MR) is 108 cm³/mol. The van der Waals surface area contributed by atoms with Crippen molar-refractivity contribution in [1.82, 2.24) is 19.7 Å². The van der Waals surface area contributed by atoms with Gasteiger partial charge in [-0.2, -0.15) is 10.4 Å². The molecule has 0 radical (unpaired) electrons. The highest BCUT2D eigenvalue weighted by atomic mass is 16.3. The number of hydrogen-bond donors (Lipinski definition) is 2. The fraction of sp³-hybridized carbons (Fsp3) is 0.136. The van der Waals surface area contributed by atoms with Crippen molar-refractivity contribution in [2.45, 2.75) is 18.4 Å². The van der Waals surface area contributed by atoms with Gasteiger partial charge in [0.25, 0.3) is 5.91 Å². The van der Waals surface area contributed by atoms with Gasteiger partial charge in [-0.15, -0.1) is 0 Å². The molecule has 3 heterocycles. The summed E-state index contributed by atoms with van der Waals surface area (Å²) in [6.07, 6.45) is 4.36. The van der Waals surface area contributed by atoms with Crippen LogP contribution in [0.3, 0.4) is 0 Å². The molecule has 1 aliphatic carbocycles. The number of primary amides is 1. The van der Waals surface area contributed by atoms with Crippen molar-refractivity contribution in [2.75, 3.05) is 0 Å². The average molecular weight is 396 g/mol. The molecule has 0 fully saturated rings. The number of pyridine rings is 2. The minimum Gasteiger partial charge on any atom is -0.379 e. The summed E-state index contributed by atoms with van der Waals surface area (Å²) in [6, 6.07) is 14.7. The van der Waals surface area contributed by atoms with Crippen LogP contribution in [0.1, 0.15) is 39.4 Å². The van der Waals surface area contributed by atoms with E-state index < -0.39 is 11.5 Å². The summed E-state index contributed by atoms with van der Waals surface area (Å²) in [6.45, 7) is 0. The van der Waals surface area contributed by atoms with Gasteiger partial charge in [-0.25, -0.2) is 9.67 Å². The smallest absolute Gasteiger partial charge is 0.269 e. The molecule has 4 aromatic rings. The number of aryl methyl sites for hydroxylation is 1. The van der Waals surface area contributed by atoms with Crippen LogP contribution in [0.15, 0.2) is 54.9 Å². The van der Waals surface area contributed by atoms with Crippen LogP contribution in [0, 0.1) is 11.3 Å². The highest BCUT2D eigenvalue weighted by Gasteiger charge is 2.39. The molecule has 0 aliphatic heterocycles. The van der Waals surface area contributed by atoms with E-state index in [4.69, 9.17) is 5.73 Å². The van der Waals surface area contributed by atoms with Crippen LogP contribution in [0.2, 0.25) is 0 Å². The minimum atomic E-state index is -1.21. The number of amides is 1. The largest absolute Gasteiger partial charge is 0.379 e. The van der Waals surface area contributed by atoms with Crippen LogP contribution >= 0.6 is 0 Å². The van der Waals surface area contributed by atoms with Crippen LogP contribution in [0.5, 0.6) is 0 Å². The maximum absolute atomic E-state index is 11.9. The van der Waals surface area contributed by atoms with Crippen molar-refractivity contribution in [3.63, 3.8) is 0 Å². The standard InChI is InChI=1S/C22H16N6O2/c23-11-15-10-18-17(12-26-15)19(21(24)29)27-28(18)16-5-1-4-14(9-16)22(30)7-6-13-3-2-8-25-20(13)22/h1-5,8-10,12,30H,6-7H2,(H2,24,29). The van der Waals surface area contributed by atoms with Crippen LogP contribution in [-0.2, 0) is 12.0 Å². The van der Waals surface area contributed by atoms with Gasteiger partial charge >= 0.3 is 0 Å². The normalized spacial score (nSPS) is 17.6. The third-order valence-corrected chi connectivity index (χ3v) is 5.52. The lowest BCUT2D eigenvalue weighted by Gasteiger charge is -2.24. The van der Waals surface area contributed by atoms with Gasteiger partial charge in [0.15, 0.2) is 5.69 Å². The Hall–Kier alpha value is -4.09. The molecule has 0 saturated heterocycles. The molecule has 8 heteroatoms. The van der Waals surface area contributed by atoms with E-state index in [9.17, 15) is 15.2 Å². The second kappa shape index (κ2) is 6.47. The molecule has 0 bridgehead atoms. The molecule has 5 rings (SSSR count). The van der Waals surface area contributed by atoms with E-state index in [1.54, 1.807) is 16.9 Å². The lowest BCUT2D eigenvalue weighted by Crippen LogP contribution is -2.25. The number of benzene rings is 1. The summed E-state index contributed by atoms with van der Waals surface area (Å²) in [5, 5.41) is 25.5. The van der Waals surface area contributed by atoms with E-state index in [1.807, 2.05) is 42.5 Å².